The third kappa shape index (κ3) is 3.61. The Morgan fingerprint density at radius 3 is 2.79 bits per heavy atom. The fraction of sp³-hybridized carbons (Fsp3) is 0.765. The summed E-state index contributed by atoms with van der Waals surface area (Å²) in [5.41, 5.74) is 1.67. The summed E-state index contributed by atoms with van der Waals surface area (Å²) in [7, 11) is 0. The van der Waals surface area contributed by atoms with Crippen molar-refractivity contribution in [1.82, 2.24) is 4.90 Å². The van der Waals surface area contributed by atoms with E-state index >= 15 is 0 Å². The summed E-state index contributed by atoms with van der Waals surface area (Å²) in [6, 6.07) is 2.33. The van der Waals surface area contributed by atoms with E-state index in [0.29, 0.717) is 0 Å². The Labute approximate surface area is 122 Å². The number of fused-ring (bicyclic) bond motifs is 2. The maximum atomic E-state index is 2.52. The molecule has 0 spiro atoms. The van der Waals surface area contributed by atoms with E-state index in [0.717, 1.165) is 11.8 Å². The largest absolute Gasteiger partial charge is 0.304 e. The van der Waals surface area contributed by atoms with Crippen LogP contribution in [0.25, 0.3) is 0 Å². The Kier molecular flexibility index (Phi) is 4.60. The van der Waals surface area contributed by atoms with Crippen LogP contribution in [0.1, 0.15) is 49.5 Å². The second-order valence-electron chi connectivity index (χ2n) is 6.36. The first-order valence-corrected chi connectivity index (χ1v) is 9.02. The predicted molar refractivity (Wildman–Crippen MR) is 83.9 cm³/mol. The van der Waals surface area contributed by atoms with E-state index in [9.17, 15) is 0 Å². The van der Waals surface area contributed by atoms with Crippen molar-refractivity contribution in [2.24, 2.45) is 11.8 Å². The number of thiophene rings is 1. The van der Waals surface area contributed by atoms with Gasteiger partial charge in [0.2, 0.25) is 0 Å². The number of nitrogens with zero attached hydrogens (tertiary/aromatic N) is 1. The van der Waals surface area contributed by atoms with Crippen LogP contribution in [0.15, 0.2) is 11.4 Å². The SMILES string of the molecule is CCN1CCCCC1.c1cc2c(s1)CCC1CC1C2. The molecule has 1 aromatic rings. The van der Waals surface area contributed by atoms with Crippen LogP contribution in [-0.2, 0) is 12.8 Å². The summed E-state index contributed by atoms with van der Waals surface area (Å²) >= 11 is 1.96. The predicted octanol–water partition coefficient (Wildman–Crippen LogP) is 4.37. The second kappa shape index (κ2) is 6.41. The molecule has 4 rings (SSSR count). The van der Waals surface area contributed by atoms with Gasteiger partial charge in [-0.2, -0.15) is 0 Å². The Morgan fingerprint density at radius 2 is 2.05 bits per heavy atom. The van der Waals surface area contributed by atoms with Crippen molar-refractivity contribution in [2.75, 3.05) is 19.6 Å². The highest BCUT2D eigenvalue weighted by molar-refractivity contribution is 7.10. The van der Waals surface area contributed by atoms with Crippen molar-refractivity contribution < 1.29 is 0 Å². The first-order valence-electron chi connectivity index (χ1n) is 8.14. The molecule has 1 aromatic heterocycles. The van der Waals surface area contributed by atoms with Crippen LogP contribution in [0, 0.1) is 11.8 Å². The lowest BCUT2D eigenvalue weighted by Gasteiger charge is -2.24. The number of aryl methyl sites for hydroxylation is 1. The minimum Gasteiger partial charge on any atom is -0.304 e. The molecule has 2 unspecified atom stereocenters. The molecule has 2 heteroatoms. The van der Waals surface area contributed by atoms with Gasteiger partial charge in [-0.1, -0.05) is 13.3 Å². The zero-order valence-corrected chi connectivity index (χ0v) is 13.1. The Morgan fingerprint density at radius 1 is 1.21 bits per heavy atom. The number of piperidine rings is 1. The van der Waals surface area contributed by atoms with Crippen LogP contribution in [0.3, 0.4) is 0 Å². The monoisotopic (exact) mass is 277 g/mol. The zero-order chi connectivity index (χ0) is 13.1. The molecule has 0 N–H and O–H groups in total. The molecular weight excluding hydrogens is 250 g/mol. The molecule has 0 radical (unpaired) electrons. The maximum Gasteiger partial charge on any atom is 0.00774 e. The molecule has 19 heavy (non-hydrogen) atoms. The van der Waals surface area contributed by atoms with E-state index in [-0.39, 0.29) is 0 Å². The van der Waals surface area contributed by atoms with E-state index in [2.05, 4.69) is 23.3 Å². The summed E-state index contributed by atoms with van der Waals surface area (Å²) in [5.74, 6) is 2.18. The van der Waals surface area contributed by atoms with Gasteiger partial charge in [-0.05, 0) is 87.0 Å². The second-order valence-corrected chi connectivity index (χ2v) is 7.36. The van der Waals surface area contributed by atoms with Crippen LogP contribution in [0.2, 0.25) is 0 Å². The average molecular weight is 277 g/mol. The van der Waals surface area contributed by atoms with Crippen LogP contribution in [-0.4, -0.2) is 24.5 Å². The molecule has 1 saturated carbocycles. The fourth-order valence-electron chi connectivity index (χ4n) is 3.56. The highest BCUT2D eigenvalue weighted by atomic mass is 32.1. The average Bonchev–Trinajstić information content (AvgIpc) is 3.10. The summed E-state index contributed by atoms with van der Waals surface area (Å²) in [6.45, 7) is 6.18. The molecule has 0 aromatic carbocycles. The molecule has 2 fully saturated rings. The van der Waals surface area contributed by atoms with Crippen molar-refractivity contribution in [3.8, 4) is 0 Å². The lowest BCUT2D eigenvalue weighted by atomic mass is 10.1. The summed E-state index contributed by atoms with van der Waals surface area (Å²) < 4.78 is 0. The Hall–Kier alpha value is -0.340. The standard InChI is InChI=1S/C10H12S.C7H15N/c1-2-10-8(3-4-11-10)6-9-5-7(1)9;1-2-8-6-4-3-5-7-8/h3-4,7,9H,1-2,5-6H2;2-7H2,1H3. The van der Waals surface area contributed by atoms with Gasteiger partial charge in [0.25, 0.3) is 0 Å². The topological polar surface area (TPSA) is 3.24 Å². The summed E-state index contributed by atoms with van der Waals surface area (Å²) in [5, 5.41) is 2.26. The fourth-order valence-corrected chi connectivity index (χ4v) is 4.49. The first-order chi connectivity index (χ1) is 9.36. The van der Waals surface area contributed by atoms with E-state index in [1.54, 1.807) is 10.4 Å². The molecule has 0 amide bonds. The van der Waals surface area contributed by atoms with E-state index < -0.39 is 0 Å². The molecule has 1 nitrogen and oxygen atoms in total. The zero-order valence-electron chi connectivity index (χ0n) is 12.2. The highest BCUT2D eigenvalue weighted by Crippen LogP contribution is 2.47. The molecular formula is C17H27NS. The third-order valence-electron chi connectivity index (χ3n) is 5.03. The van der Waals surface area contributed by atoms with Crippen molar-refractivity contribution in [3.63, 3.8) is 0 Å². The molecule has 1 saturated heterocycles. The van der Waals surface area contributed by atoms with Crippen molar-refractivity contribution >= 4 is 11.3 Å². The van der Waals surface area contributed by atoms with Gasteiger partial charge in [0.1, 0.15) is 0 Å². The molecule has 2 heterocycles. The van der Waals surface area contributed by atoms with Crippen molar-refractivity contribution in [1.29, 1.82) is 0 Å². The number of likely N-dealkylation sites (tertiary alicyclic amines) is 1. The lowest BCUT2D eigenvalue weighted by Crippen LogP contribution is -2.29. The molecule has 1 aliphatic heterocycles. The number of hydrogen-bond acceptors (Lipinski definition) is 2. The van der Waals surface area contributed by atoms with Crippen LogP contribution < -0.4 is 0 Å². The van der Waals surface area contributed by atoms with Crippen LogP contribution in [0.4, 0.5) is 0 Å². The molecule has 0 bridgehead atoms. The van der Waals surface area contributed by atoms with E-state index in [1.165, 1.54) is 64.6 Å². The van der Waals surface area contributed by atoms with Crippen molar-refractivity contribution in [2.45, 2.75) is 51.9 Å². The lowest BCUT2D eigenvalue weighted by molar-refractivity contribution is 0.240. The molecule has 106 valence electrons. The van der Waals surface area contributed by atoms with Gasteiger partial charge in [-0.3, -0.25) is 0 Å². The maximum absolute atomic E-state index is 2.52. The molecule has 3 aliphatic rings. The van der Waals surface area contributed by atoms with Crippen LogP contribution in [0.5, 0.6) is 0 Å². The molecule has 2 aliphatic carbocycles. The number of rotatable bonds is 1. The van der Waals surface area contributed by atoms with Gasteiger partial charge in [0, 0.05) is 4.88 Å². The van der Waals surface area contributed by atoms with Crippen molar-refractivity contribution in [3.05, 3.63) is 21.9 Å². The van der Waals surface area contributed by atoms with Crippen LogP contribution >= 0.6 is 11.3 Å². The minimum absolute atomic E-state index is 1.07. The van der Waals surface area contributed by atoms with E-state index in [1.807, 2.05) is 11.3 Å². The highest BCUT2D eigenvalue weighted by Gasteiger charge is 2.38. The van der Waals surface area contributed by atoms with Gasteiger partial charge < -0.3 is 4.90 Å². The summed E-state index contributed by atoms with van der Waals surface area (Å²) in [4.78, 5) is 4.20. The summed E-state index contributed by atoms with van der Waals surface area (Å²) in [6.07, 6.45) is 10.1. The molecule has 2 atom stereocenters. The smallest absolute Gasteiger partial charge is 0.00774 e. The first kappa shape index (κ1) is 13.6. The van der Waals surface area contributed by atoms with E-state index in [4.69, 9.17) is 0 Å². The normalized spacial score (nSPS) is 29.5. The van der Waals surface area contributed by atoms with Gasteiger partial charge in [-0.25, -0.2) is 0 Å². The Balaban J connectivity index is 0.000000123. The third-order valence-corrected chi connectivity index (χ3v) is 6.05. The van der Waals surface area contributed by atoms with Gasteiger partial charge in [-0.15, -0.1) is 11.3 Å². The van der Waals surface area contributed by atoms with Gasteiger partial charge >= 0.3 is 0 Å². The quantitative estimate of drug-likeness (QED) is 0.737. The van der Waals surface area contributed by atoms with Gasteiger partial charge in [0.05, 0.1) is 0 Å². The minimum atomic E-state index is 1.07. The van der Waals surface area contributed by atoms with Gasteiger partial charge in [0.15, 0.2) is 0 Å². The Bertz CT molecular complexity index is 392. The number of hydrogen-bond donors (Lipinski definition) is 0.